The van der Waals surface area contributed by atoms with Crippen LogP contribution in [-0.2, 0) is 16.0 Å². The van der Waals surface area contributed by atoms with Crippen molar-refractivity contribution < 1.29 is 14.3 Å². The lowest BCUT2D eigenvalue weighted by molar-refractivity contribution is -0.147. The summed E-state index contributed by atoms with van der Waals surface area (Å²) in [6.07, 6.45) is 0.413. The first-order valence-electron chi connectivity index (χ1n) is 8.35. The minimum atomic E-state index is -0.545. The highest BCUT2D eigenvalue weighted by Gasteiger charge is 2.43. The number of carbonyl (C=O) groups is 2. The van der Waals surface area contributed by atoms with Crippen molar-refractivity contribution >= 4 is 11.8 Å². The molecule has 0 saturated heterocycles. The zero-order valence-corrected chi connectivity index (χ0v) is 14.6. The molecule has 0 aromatic heterocycles. The van der Waals surface area contributed by atoms with Gasteiger partial charge >= 0.3 is 5.97 Å². The second-order valence-electron chi connectivity index (χ2n) is 6.38. The predicted molar refractivity (Wildman–Crippen MR) is 93.3 cm³/mol. The smallest absolute Gasteiger partial charge is 0.303 e. The van der Waals surface area contributed by atoms with Gasteiger partial charge in [0.05, 0.1) is 5.92 Å². The number of fused-ring (bicyclic) bond motifs is 1. The van der Waals surface area contributed by atoms with Crippen LogP contribution in [0.15, 0.2) is 36.4 Å². The van der Waals surface area contributed by atoms with Gasteiger partial charge in [0, 0.05) is 18.1 Å². The molecule has 0 spiro atoms. The van der Waals surface area contributed by atoms with Crippen LogP contribution in [0.25, 0.3) is 0 Å². The number of esters is 1. The molecule has 0 bridgehead atoms. The van der Waals surface area contributed by atoms with Crippen molar-refractivity contribution in [3.63, 3.8) is 0 Å². The van der Waals surface area contributed by atoms with Gasteiger partial charge in [0.1, 0.15) is 6.10 Å². The van der Waals surface area contributed by atoms with Gasteiger partial charge in [-0.1, -0.05) is 43.3 Å². The van der Waals surface area contributed by atoms with Crippen LogP contribution in [0.4, 0.5) is 0 Å². The van der Waals surface area contributed by atoms with Gasteiger partial charge in [0.15, 0.2) is 5.78 Å². The molecule has 0 aliphatic heterocycles. The number of carbonyl (C=O) groups excluding carboxylic acids is 2. The topological polar surface area (TPSA) is 43.4 Å². The van der Waals surface area contributed by atoms with Crippen LogP contribution in [0, 0.1) is 13.8 Å². The van der Waals surface area contributed by atoms with E-state index in [1.165, 1.54) is 18.1 Å². The molecule has 3 heteroatoms. The average Bonchev–Trinajstić information content (AvgIpc) is 2.83. The molecule has 1 aliphatic rings. The maximum atomic E-state index is 13.0. The average molecular weight is 322 g/mol. The molecule has 1 aliphatic carbocycles. The van der Waals surface area contributed by atoms with Gasteiger partial charge in [0.2, 0.25) is 0 Å². The summed E-state index contributed by atoms with van der Waals surface area (Å²) in [6.45, 7) is 7.65. The van der Waals surface area contributed by atoms with Crippen molar-refractivity contribution in [2.75, 3.05) is 0 Å². The quantitative estimate of drug-likeness (QED) is 0.784. The molecule has 0 saturated carbocycles. The number of ether oxygens (including phenoxy) is 1. The Labute approximate surface area is 142 Å². The highest BCUT2D eigenvalue weighted by molar-refractivity contribution is 6.06. The number of rotatable bonds is 3. The van der Waals surface area contributed by atoms with Crippen molar-refractivity contribution in [1.82, 2.24) is 0 Å². The van der Waals surface area contributed by atoms with Gasteiger partial charge < -0.3 is 4.74 Å². The summed E-state index contributed by atoms with van der Waals surface area (Å²) in [5.41, 5.74) is 6.02. The second kappa shape index (κ2) is 6.23. The molecular weight excluding hydrogens is 300 g/mol. The minimum Gasteiger partial charge on any atom is -0.456 e. The van der Waals surface area contributed by atoms with E-state index in [1.807, 2.05) is 37.3 Å². The van der Waals surface area contributed by atoms with Crippen LogP contribution in [0.5, 0.6) is 0 Å². The van der Waals surface area contributed by atoms with Crippen molar-refractivity contribution in [3.8, 4) is 0 Å². The van der Waals surface area contributed by atoms with Crippen LogP contribution >= 0.6 is 0 Å². The van der Waals surface area contributed by atoms with E-state index in [1.54, 1.807) is 0 Å². The van der Waals surface area contributed by atoms with E-state index in [0.29, 0.717) is 5.56 Å². The van der Waals surface area contributed by atoms with Crippen LogP contribution in [0.3, 0.4) is 0 Å². The summed E-state index contributed by atoms with van der Waals surface area (Å²) in [5, 5.41) is 0. The summed E-state index contributed by atoms with van der Waals surface area (Å²) in [4.78, 5) is 24.6. The fraction of sp³-hybridized carbons (Fsp3) is 0.333. The van der Waals surface area contributed by atoms with Crippen molar-refractivity contribution in [2.45, 2.75) is 46.1 Å². The van der Waals surface area contributed by atoms with E-state index in [2.05, 4.69) is 19.9 Å². The largest absolute Gasteiger partial charge is 0.456 e. The molecule has 0 N–H and O–H groups in total. The summed E-state index contributed by atoms with van der Waals surface area (Å²) in [6, 6.07) is 11.5. The van der Waals surface area contributed by atoms with Crippen LogP contribution in [0.1, 0.15) is 64.0 Å². The van der Waals surface area contributed by atoms with E-state index in [9.17, 15) is 9.59 Å². The van der Waals surface area contributed by atoms with E-state index >= 15 is 0 Å². The molecule has 0 amide bonds. The fourth-order valence-electron chi connectivity index (χ4n) is 3.69. The summed E-state index contributed by atoms with van der Waals surface area (Å²) < 4.78 is 5.57. The normalized spacial score (nSPS) is 19.2. The Morgan fingerprint density at radius 3 is 2.42 bits per heavy atom. The van der Waals surface area contributed by atoms with E-state index in [0.717, 1.165) is 23.1 Å². The lowest BCUT2D eigenvalue weighted by atomic mass is 9.86. The standard InChI is InChI=1S/C21H22O3/c1-5-15-10-11-16(13(3)12(15)2)19-20(23)17-8-6-7-9-18(17)21(19)24-14(4)22/h6-11,19,21H,5H2,1-4H3. The van der Waals surface area contributed by atoms with Gasteiger partial charge in [0.25, 0.3) is 0 Å². The molecule has 24 heavy (non-hydrogen) atoms. The summed E-state index contributed by atoms with van der Waals surface area (Å²) in [5.74, 6) is -0.798. The molecule has 2 unspecified atom stereocenters. The molecule has 2 atom stereocenters. The Morgan fingerprint density at radius 1 is 1.04 bits per heavy atom. The fourth-order valence-corrected chi connectivity index (χ4v) is 3.69. The molecule has 0 heterocycles. The van der Waals surface area contributed by atoms with Crippen molar-refractivity contribution in [2.24, 2.45) is 0 Å². The van der Waals surface area contributed by atoms with Gasteiger partial charge in [-0.3, -0.25) is 9.59 Å². The van der Waals surface area contributed by atoms with Gasteiger partial charge in [-0.15, -0.1) is 0 Å². The lowest BCUT2D eigenvalue weighted by Gasteiger charge is -2.23. The molecule has 2 aromatic rings. The number of hydrogen-bond donors (Lipinski definition) is 0. The highest BCUT2D eigenvalue weighted by Crippen LogP contribution is 2.46. The maximum Gasteiger partial charge on any atom is 0.303 e. The van der Waals surface area contributed by atoms with Gasteiger partial charge in [-0.2, -0.15) is 0 Å². The number of hydrogen-bond acceptors (Lipinski definition) is 3. The third kappa shape index (κ3) is 2.54. The Hall–Kier alpha value is -2.42. The van der Waals surface area contributed by atoms with Crippen LogP contribution < -0.4 is 0 Å². The Morgan fingerprint density at radius 2 is 1.75 bits per heavy atom. The first kappa shape index (κ1) is 16.4. The summed E-state index contributed by atoms with van der Waals surface area (Å²) >= 11 is 0. The van der Waals surface area contributed by atoms with Crippen LogP contribution in [0.2, 0.25) is 0 Å². The SMILES string of the molecule is CCc1ccc(C2C(=O)c3ccccc3C2OC(C)=O)c(C)c1C. The predicted octanol–water partition coefficient (Wildman–Crippen LogP) is 4.45. The Balaban J connectivity index is 2.15. The number of ketones is 1. The molecule has 3 rings (SSSR count). The zero-order chi connectivity index (χ0) is 17.4. The molecule has 2 aromatic carbocycles. The summed E-state index contributed by atoms with van der Waals surface area (Å²) in [7, 11) is 0. The van der Waals surface area contributed by atoms with E-state index in [4.69, 9.17) is 4.74 Å². The van der Waals surface area contributed by atoms with Gasteiger partial charge in [-0.25, -0.2) is 0 Å². The highest BCUT2D eigenvalue weighted by atomic mass is 16.5. The number of aryl methyl sites for hydroxylation is 1. The molecular formula is C21H22O3. The first-order chi connectivity index (χ1) is 11.5. The number of benzene rings is 2. The van der Waals surface area contributed by atoms with Crippen molar-refractivity contribution in [3.05, 3.63) is 69.8 Å². The van der Waals surface area contributed by atoms with Gasteiger partial charge in [-0.05, 0) is 42.5 Å². The third-order valence-electron chi connectivity index (χ3n) is 5.07. The monoisotopic (exact) mass is 322 g/mol. The third-order valence-corrected chi connectivity index (χ3v) is 5.07. The van der Waals surface area contributed by atoms with E-state index in [-0.39, 0.29) is 11.8 Å². The number of Topliss-reactive ketones (excluding diaryl/α,β-unsaturated/α-hetero) is 1. The Kier molecular flexibility index (Phi) is 4.27. The maximum absolute atomic E-state index is 13.0. The zero-order valence-electron chi connectivity index (χ0n) is 14.6. The second-order valence-corrected chi connectivity index (χ2v) is 6.38. The molecule has 0 fully saturated rings. The lowest BCUT2D eigenvalue weighted by Crippen LogP contribution is -2.18. The van der Waals surface area contributed by atoms with Crippen molar-refractivity contribution in [1.29, 1.82) is 0 Å². The first-order valence-corrected chi connectivity index (χ1v) is 8.35. The molecule has 3 nitrogen and oxygen atoms in total. The van der Waals surface area contributed by atoms with Crippen LogP contribution in [-0.4, -0.2) is 11.8 Å². The minimum absolute atomic E-state index is 0.0311. The molecule has 124 valence electrons. The Bertz CT molecular complexity index is 820. The van der Waals surface area contributed by atoms with E-state index < -0.39 is 12.0 Å². The molecule has 0 radical (unpaired) electrons.